The largest absolute Gasteiger partial charge is 0.198 e. The van der Waals surface area contributed by atoms with Crippen LogP contribution in [0.25, 0.3) is 0 Å². The van der Waals surface area contributed by atoms with Gasteiger partial charge in [-0.05, 0) is 36.3 Å². The Bertz CT molecular complexity index is 365. The van der Waals surface area contributed by atoms with Crippen LogP contribution in [-0.4, -0.2) is 5.75 Å². The van der Waals surface area contributed by atoms with Crippen LogP contribution in [0.15, 0.2) is 23.1 Å². The summed E-state index contributed by atoms with van der Waals surface area (Å²) >= 11 is 1.87. The second-order valence-corrected chi connectivity index (χ2v) is 4.50. The van der Waals surface area contributed by atoms with Crippen LogP contribution in [0.5, 0.6) is 0 Å². The fourth-order valence-electron chi connectivity index (χ4n) is 1.63. The van der Waals surface area contributed by atoms with E-state index >= 15 is 0 Å². The number of hydrogen-bond donors (Lipinski definition) is 0. The average molecular weight is 189 g/mol. The van der Waals surface area contributed by atoms with Crippen LogP contribution in [0.4, 0.5) is 0 Å². The number of aryl methyl sites for hydroxylation is 1. The summed E-state index contributed by atoms with van der Waals surface area (Å²) in [7, 11) is 0. The van der Waals surface area contributed by atoms with Gasteiger partial charge in [-0.2, -0.15) is 5.26 Å². The minimum absolute atomic E-state index is 0.122. The first-order valence-corrected chi connectivity index (χ1v) is 5.43. The lowest BCUT2D eigenvalue weighted by Crippen LogP contribution is -2.05. The molecule has 0 saturated carbocycles. The van der Waals surface area contributed by atoms with E-state index in [-0.39, 0.29) is 5.92 Å². The number of nitrogens with zero attached hydrogens (tertiary/aromatic N) is 1. The molecule has 1 unspecified atom stereocenters. The highest BCUT2D eigenvalue weighted by Crippen LogP contribution is 2.37. The van der Waals surface area contributed by atoms with Crippen molar-refractivity contribution < 1.29 is 0 Å². The maximum atomic E-state index is 8.95. The standard InChI is InChI=1S/C11H11NS/c1-8-2-3-10-9(7-12)4-5-13-11(10)6-8/h2-3,6,9H,4-5H2,1H3. The summed E-state index contributed by atoms with van der Waals surface area (Å²) in [6.45, 7) is 2.09. The summed E-state index contributed by atoms with van der Waals surface area (Å²) in [6, 6.07) is 8.74. The van der Waals surface area contributed by atoms with Gasteiger partial charge in [-0.1, -0.05) is 12.1 Å². The molecule has 0 bridgehead atoms. The molecule has 0 radical (unpaired) electrons. The van der Waals surface area contributed by atoms with Crippen LogP contribution in [0, 0.1) is 18.3 Å². The zero-order valence-electron chi connectivity index (χ0n) is 7.58. The first-order valence-electron chi connectivity index (χ1n) is 4.44. The van der Waals surface area contributed by atoms with Gasteiger partial charge in [-0.3, -0.25) is 0 Å². The van der Waals surface area contributed by atoms with Crippen molar-refractivity contribution in [3.05, 3.63) is 29.3 Å². The number of thioether (sulfide) groups is 1. The Morgan fingerprint density at radius 1 is 1.54 bits per heavy atom. The monoisotopic (exact) mass is 189 g/mol. The van der Waals surface area contributed by atoms with Crippen LogP contribution in [0.1, 0.15) is 23.5 Å². The minimum Gasteiger partial charge on any atom is -0.198 e. The van der Waals surface area contributed by atoms with E-state index in [9.17, 15) is 0 Å². The quantitative estimate of drug-likeness (QED) is 0.626. The van der Waals surface area contributed by atoms with Gasteiger partial charge in [-0.15, -0.1) is 11.8 Å². The van der Waals surface area contributed by atoms with E-state index in [0.717, 1.165) is 12.2 Å². The van der Waals surface area contributed by atoms with Crippen molar-refractivity contribution in [3.63, 3.8) is 0 Å². The molecule has 2 rings (SSSR count). The third-order valence-corrected chi connectivity index (χ3v) is 3.47. The number of nitriles is 1. The van der Waals surface area contributed by atoms with Crippen molar-refractivity contribution in [2.45, 2.75) is 24.2 Å². The topological polar surface area (TPSA) is 23.8 Å². The molecule has 1 nitrogen and oxygen atoms in total. The van der Waals surface area contributed by atoms with Crippen LogP contribution in [0.2, 0.25) is 0 Å². The highest BCUT2D eigenvalue weighted by Gasteiger charge is 2.19. The van der Waals surface area contributed by atoms with E-state index in [0.29, 0.717) is 0 Å². The molecule has 0 aliphatic carbocycles. The maximum Gasteiger partial charge on any atom is 0.0731 e. The van der Waals surface area contributed by atoms with Gasteiger partial charge in [0.25, 0.3) is 0 Å². The Morgan fingerprint density at radius 2 is 2.38 bits per heavy atom. The lowest BCUT2D eigenvalue weighted by molar-refractivity contribution is 0.792. The van der Waals surface area contributed by atoms with E-state index in [2.05, 4.69) is 31.2 Å². The molecule has 13 heavy (non-hydrogen) atoms. The Kier molecular flexibility index (Phi) is 2.28. The zero-order valence-corrected chi connectivity index (χ0v) is 8.40. The lowest BCUT2D eigenvalue weighted by Gasteiger charge is -2.19. The molecule has 1 atom stereocenters. The number of hydrogen-bond acceptors (Lipinski definition) is 2. The van der Waals surface area contributed by atoms with E-state index in [4.69, 9.17) is 5.26 Å². The van der Waals surface area contributed by atoms with Crippen molar-refractivity contribution in [3.8, 4) is 6.07 Å². The smallest absolute Gasteiger partial charge is 0.0731 e. The van der Waals surface area contributed by atoms with Crippen molar-refractivity contribution >= 4 is 11.8 Å². The van der Waals surface area contributed by atoms with Crippen molar-refractivity contribution in [2.24, 2.45) is 0 Å². The number of rotatable bonds is 0. The molecule has 66 valence electrons. The Hall–Kier alpha value is -0.940. The molecule has 0 N–H and O–H groups in total. The summed E-state index contributed by atoms with van der Waals surface area (Å²) in [4.78, 5) is 1.30. The molecule has 0 spiro atoms. The van der Waals surface area contributed by atoms with Crippen molar-refractivity contribution in [2.75, 3.05) is 5.75 Å². The van der Waals surface area contributed by atoms with Gasteiger partial charge in [0.1, 0.15) is 0 Å². The third-order valence-electron chi connectivity index (χ3n) is 2.36. The fraction of sp³-hybridized carbons (Fsp3) is 0.364. The summed E-state index contributed by atoms with van der Waals surface area (Å²) in [6.07, 6.45) is 0.997. The molecule has 0 amide bonds. The van der Waals surface area contributed by atoms with Crippen LogP contribution in [-0.2, 0) is 0 Å². The molecular formula is C11H11NS. The molecule has 2 heteroatoms. The van der Waals surface area contributed by atoms with Gasteiger partial charge in [0.05, 0.1) is 12.0 Å². The van der Waals surface area contributed by atoms with E-state index < -0.39 is 0 Å². The van der Waals surface area contributed by atoms with Crippen molar-refractivity contribution in [1.82, 2.24) is 0 Å². The first-order chi connectivity index (χ1) is 6.31. The molecule has 0 saturated heterocycles. The SMILES string of the molecule is Cc1ccc2c(c1)SCCC2C#N. The minimum atomic E-state index is 0.122. The van der Waals surface area contributed by atoms with Gasteiger partial charge in [0.2, 0.25) is 0 Å². The fourth-order valence-corrected chi connectivity index (χ4v) is 2.85. The second kappa shape index (κ2) is 3.43. The number of benzene rings is 1. The number of fused-ring (bicyclic) bond motifs is 1. The Labute approximate surface area is 82.8 Å². The van der Waals surface area contributed by atoms with Gasteiger partial charge >= 0.3 is 0 Å². The molecule has 1 aromatic rings. The van der Waals surface area contributed by atoms with Crippen molar-refractivity contribution in [1.29, 1.82) is 5.26 Å². The highest BCUT2D eigenvalue weighted by atomic mass is 32.2. The normalized spacial score (nSPS) is 20.5. The van der Waals surface area contributed by atoms with Gasteiger partial charge in [-0.25, -0.2) is 0 Å². The molecular weight excluding hydrogens is 178 g/mol. The highest BCUT2D eigenvalue weighted by molar-refractivity contribution is 7.99. The molecule has 0 aromatic heterocycles. The summed E-state index contributed by atoms with van der Waals surface area (Å²) in [5.41, 5.74) is 2.51. The molecule has 1 heterocycles. The van der Waals surface area contributed by atoms with Crippen LogP contribution >= 0.6 is 11.8 Å². The summed E-state index contributed by atoms with van der Waals surface area (Å²) in [5, 5.41) is 8.95. The Morgan fingerprint density at radius 3 is 3.15 bits per heavy atom. The molecule has 1 aliphatic heterocycles. The lowest BCUT2D eigenvalue weighted by atomic mass is 9.96. The van der Waals surface area contributed by atoms with Crippen LogP contribution in [0.3, 0.4) is 0 Å². The van der Waals surface area contributed by atoms with Gasteiger partial charge in [0.15, 0.2) is 0 Å². The predicted molar refractivity (Wildman–Crippen MR) is 54.9 cm³/mol. The Balaban J connectivity index is 2.47. The molecule has 1 aliphatic rings. The third kappa shape index (κ3) is 1.57. The summed E-state index contributed by atoms with van der Waals surface area (Å²) in [5.74, 6) is 1.20. The van der Waals surface area contributed by atoms with E-state index in [1.165, 1.54) is 16.0 Å². The van der Waals surface area contributed by atoms with Gasteiger partial charge < -0.3 is 0 Å². The van der Waals surface area contributed by atoms with Crippen LogP contribution < -0.4 is 0 Å². The summed E-state index contributed by atoms with van der Waals surface area (Å²) < 4.78 is 0. The molecule has 0 fully saturated rings. The zero-order chi connectivity index (χ0) is 9.26. The van der Waals surface area contributed by atoms with E-state index in [1.54, 1.807) is 0 Å². The van der Waals surface area contributed by atoms with E-state index in [1.807, 2.05) is 11.8 Å². The molecule has 1 aromatic carbocycles. The predicted octanol–water partition coefficient (Wildman–Crippen LogP) is 3.10. The maximum absolute atomic E-state index is 8.95. The second-order valence-electron chi connectivity index (χ2n) is 3.36. The van der Waals surface area contributed by atoms with Gasteiger partial charge in [0, 0.05) is 4.90 Å². The average Bonchev–Trinajstić information content (AvgIpc) is 2.16. The first kappa shape index (κ1) is 8.65.